The molecule has 0 fully saturated rings. The Hall–Kier alpha value is -1.11. The molecule has 0 N–H and O–H groups in total. The molecular formula is C20H28N2O2S2. The van der Waals surface area contributed by atoms with Gasteiger partial charge in [-0.15, -0.1) is 11.3 Å². The van der Waals surface area contributed by atoms with E-state index in [0.29, 0.717) is 13.2 Å². The number of thiophene rings is 1. The van der Waals surface area contributed by atoms with E-state index in [1.54, 1.807) is 23.1 Å². The third kappa shape index (κ3) is 4.07. The van der Waals surface area contributed by atoms with Crippen molar-refractivity contribution in [2.45, 2.75) is 77.3 Å². The number of unbranched alkanes of at least 4 members (excludes halogenated alkanes) is 2. The van der Waals surface area contributed by atoms with Crippen LogP contribution in [0.3, 0.4) is 0 Å². The highest BCUT2D eigenvalue weighted by atomic mass is 32.2. The molecule has 0 saturated carbocycles. The Morgan fingerprint density at radius 1 is 1.42 bits per heavy atom. The highest BCUT2D eigenvalue weighted by Crippen LogP contribution is 2.37. The number of rotatable bonds is 7. The first-order valence-electron chi connectivity index (χ1n) is 9.28. The lowest BCUT2D eigenvalue weighted by Gasteiger charge is -2.29. The van der Waals surface area contributed by atoms with E-state index in [0.717, 1.165) is 50.0 Å². The summed E-state index contributed by atoms with van der Waals surface area (Å²) in [5.41, 5.74) is 1.94. The van der Waals surface area contributed by atoms with Gasteiger partial charge in [0.05, 0.1) is 17.6 Å². The first kappa shape index (κ1) is 19.6. The Morgan fingerprint density at radius 2 is 2.19 bits per heavy atom. The SMILES string of the molecule is C=C(C)Cn1c(SCCCCC)nc2sc3c(c2c1=O)CC(C)(C)OC3. The Labute approximate surface area is 163 Å². The molecule has 6 heteroatoms. The first-order chi connectivity index (χ1) is 12.3. The first-order valence-corrected chi connectivity index (χ1v) is 11.1. The second-order valence-electron chi connectivity index (χ2n) is 7.71. The van der Waals surface area contributed by atoms with Gasteiger partial charge in [-0.05, 0) is 32.8 Å². The fourth-order valence-corrected chi connectivity index (χ4v) is 5.38. The fourth-order valence-electron chi connectivity index (χ4n) is 3.24. The van der Waals surface area contributed by atoms with Crippen LogP contribution in [0.5, 0.6) is 0 Å². The van der Waals surface area contributed by atoms with Gasteiger partial charge in [0.2, 0.25) is 0 Å². The summed E-state index contributed by atoms with van der Waals surface area (Å²) in [4.78, 5) is 20.2. The summed E-state index contributed by atoms with van der Waals surface area (Å²) >= 11 is 3.30. The van der Waals surface area contributed by atoms with Gasteiger partial charge in [-0.25, -0.2) is 4.98 Å². The van der Waals surface area contributed by atoms with Crippen molar-refractivity contribution in [3.8, 4) is 0 Å². The monoisotopic (exact) mass is 392 g/mol. The average molecular weight is 393 g/mol. The molecule has 0 radical (unpaired) electrons. The van der Waals surface area contributed by atoms with Gasteiger partial charge in [0.25, 0.3) is 5.56 Å². The van der Waals surface area contributed by atoms with Crippen LogP contribution in [0.4, 0.5) is 0 Å². The van der Waals surface area contributed by atoms with Crippen molar-refractivity contribution < 1.29 is 4.74 Å². The lowest BCUT2D eigenvalue weighted by molar-refractivity contribution is -0.0379. The minimum atomic E-state index is -0.236. The van der Waals surface area contributed by atoms with Crippen LogP contribution in [0, 0.1) is 0 Å². The predicted molar refractivity (Wildman–Crippen MR) is 112 cm³/mol. The molecule has 0 aromatic carbocycles. The van der Waals surface area contributed by atoms with Crippen molar-refractivity contribution in [3.05, 3.63) is 32.9 Å². The standard InChI is InChI=1S/C20H28N2O2S2/c1-6-7-8-9-25-19-21-17-16(18(23)22(19)11-13(2)3)14-10-20(4,5)24-12-15(14)26-17/h2,6-12H2,1,3-5H3. The topological polar surface area (TPSA) is 44.1 Å². The highest BCUT2D eigenvalue weighted by molar-refractivity contribution is 7.99. The maximum atomic E-state index is 13.4. The summed E-state index contributed by atoms with van der Waals surface area (Å²) < 4.78 is 7.75. The predicted octanol–water partition coefficient (Wildman–Crippen LogP) is 5.17. The Bertz CT molecular complexity index is 880. The van der Waals surface area contributed by atoms with Gasteiger partial charge in [0, 0.05) is 23.6 Å². The van der Waals surface area contributed by atoms with E-state index in [1.807, 2.05) is 11.5 Å². The second-order valence-corrected chi connectivity index (χ2v) is 9.85. The van der Waals surface area contributed by atoms with Gasteiger partial charge in [-0.3, -0.25) is 9.36 Å². The number of fused-ring (bicyclic) bond motifs is 3. The molecule has 3 rings (SSSR count). The Morgan fingerprint density at radius 3 is 2.88 bits per heavy atom. The van der Waals surface area contributed by atoms with Gasteiger partial charge in [-0.2, -0.15) is 0 Å². The minimum Gasteiger partial charge on any atom is -0.370 e. The van der Waals surface area contributed by atoms with E-state index in [1.165, 1.54) is 12.8 Å². The smallest absolute Gasteiger partial charge is 0.263 e. The second kappa shape index (κ2) is 7.87. The molecule has 142 valence electrons. The molecule has 2 aromatic heterocycles. The van der Waals surface area contributed by atoms with Crippen LogP contribution in [0.25, 0.3) is 10.2 Å². The molecule has 0 amide bonds. The molecule has 3 heterocycles. The zero-order valence-electron chi connectivity index (χ0n) is 16.2. The molecular weight excluding hydrogens is 364 g/mol. The molecule has 1 aliphatic heterocycles. The lowest BCUT2D eigenvalue weighted by atomic mass is 9.94. The summed E-state index contributed by atoms with van der Waals surface area (Å²) in [6.45, 7) is 13.4. The highest BCUT2D eigenvalue weighted by Gasteiger charge is 2.31. The van der Waals surface area contributed by atoms with E-state index < -0.39 is 0 Å². The molecule has 0 unspecified atom stereocenters. The molecule has 0 saturated heterocycles. The Balaban J connectivity index is 2.07. The fraction of sp³-hybridized carbons (Fsp3) is 0.600. The molecule has 2 aromatic rings. The van der Waals surface area contributed by atoms with Gasteiger partial charge >= 0.3 is 0 Å². The van der Waals surface area contributed by atoms with Gasteiger partial charge in [0.1, 0.15) is 4.83 Å². The summed E-state index contributed by atoms with van der Waals surface area (Å²) in [7, 11) is 0. The van der Waals surface area contributed by atoms with Crippen LogP contribution in [0.2, 0.25) is 0 Å². The summed E-state index contributed by atoms with van der Waals surface area (Å²) in [5.74, 6) is 0.989. The zero-order valence-corrected chi connectivity index (χ0v) is 17.8. The van der Waals surface area contributed by atoms with Crippen molar-refractivity contribution in [2.24, 2.45) is 0 Å². The van der Waals surface area contributed by atoms with Crippen molar-refractivity contribution in [1.29, 1.82) is 0 Å². The van der Waals surface area contributed by atoms with Crippen LogP contribution in [-0.4, -0.2) is 20.9 Å². The van der Waals surface area contributed by atoms with E-state index in [4.69, 9.17) is 9.72 Å². The number of allylic oxidation sites excluding steroid dienone is 1. The van der Waals surface area contributed by atoms with E-state index >= 15 is 0 Å². The van der Waals surface area contributed by atoms with Gasteiger partial charge in [0.15, 0.2) is 5.16 Å². The molecule has 1 aliphatic rings. The lowest BCUT2D eigenvalue weighted by Crippen LogP contribution is -2.32. The summed E-state index contributed by atoms with van der Waals surface area (Å²) in [6.07, 6.45) is 4.30. The third-order valence-electron chi connectivity index (χ3n) is 4.56. The number of hydrogen-bond acceptors (Lipinski definition) is 5. The number of nitrogens with zero attached hydrogens (tertiary/aromatic N) is 2. The molecule has 0 atom stereocenters. The van der Waals surface area contributed by atoms with Crippen LogP contribution in [-0.2, 0) is 24.3 Å². The van der Waals surface area contributed by atoms with Crippen molar-refractivity contribution in [3.63, 3.8) is 0 Å². The van der Waals surface area contributed by atoms with Crippen LogP contribution in [0.1, 0.15) is 57.4 Å². The van der Waals surface area contributed by atoms with E-state index in [9.17, 15) is 4.79 Å². The third-order valence-corrected chi connectivity index (χ3v) is 6.72. The van der Waals surface area contributed by atoms with Crippen LogP contribution >= 0.6 is 23.1 Å². The number of ether oxygens (including phenoxy) is 1. The average Bonchev–Trinajstić information content (AvgIpc) is 2.91. The normalized spacial score (nSPS) is 16.0. The molecule has 0 spiro atoms. The van der Waals surface area contributed by atoms with Gasteiger partial charge < -0.3 is 4.74 Å². The minimum absolute atomic E-state index is 0.0752. The Kier molecular flexibility index (Phi) is 5.94. The van der Waals surface area contributed by atoms with Crippen molar-refractivity contribution >= 4 is 33.3 Å². The number of aromatic nitrogens is 2. The van der Waals surface area contributed by atoms with E-state index in [2.05, 4.69) is 27.4 Å². The largest absolute Gasteiger partial charge is 0.370 e. The van der Waals surface area contributed by atoms with Crippen molar-refractivity contribution in [1.82, 2.24) is 9.55 Å². The number of hydrogen-bond donors (Lipinski definition) is 0. The van der Waals surface area contributed by atoms with Gasteiger partial charge in [-0.1, -0.05) is 43.7 Å². The molecule has 0 aliphatic carbocycles. The maximum Gasteiger partial charge on any atom is 0.263 e. The quantitative estimate of drug-likeness (QED) is 0.282. The van der Waals surface area contributed by atoms with Crippen molar-refractivity contribution in [2.75, 3.05) is 5.75 Å². The van der Waals surface area contributed by atoms with E-state index in [-0.39, 0.29) is 11.2 Å². The summed E-state index contributed by atoms with van der Waals surface area (Å²) in [6, 6.07) is 0. The molecule has 26 heavy (non-hydrogen) atoms. The van der Waals surface area contributed by atoms with Crippen LogP contribution < -0.4 is 5.56 Å². The van der Waals surface area contributed by atoms with Crippen LogP contribution in [0.15, 0.2) is 22.1 Å². The maximum absolute atomic E-state index is 13.4. The number of thioether (sulfide) groups is 1. The summed E-state index contributed by atoms with van der Waals surface area (Å²) in [5, 5.41) is 1.61. The zero-order chi connectivity index (χ0) is 18.9. The molecule has 4 nitrogen and oxygen atoms in total. The molecule has 0 bridgehead atoms.